The van der Waals surface area contributed by atoms with Crippen molar-refractivity contribution in [1.82, 2.24) is 0 Å². The molecule has 0 spiro atoms. The lowest BCUT2D eigenvalue weighted by Gasteiger charge is -2.45. The summed E-state index contributed by atoms with van der Waals surface area (Å²) in [5.74, 6) is -0.767. The van der Waals surface area contributed by atoms with Crippen LogP contribution in [0.4, 0.5) is 0 Å². The molecular weight excluding hydrogens is 837 g/mol. The third-order valence-electron chi connectivity index (χ3n) is 12.5. The van der Waals surface area contributed by atoms with Crippen molar-refractivity contribution in [1.29, 1.82) is 0 Å². The molecule has 0 amide bonds. The second-order valence-corrected chi connectivity index (χ2v) is 36.2. The van der Waals surface area contributed by atoms with Gasteiger partial charge in [0.25, 0.3) is 8.32 Å². The van der Waals surface area contributed by atoms with E-state index < -0.39 is 48.7 Å². The molecule has 0 saturated carbocycles. The highest BCUT2D eigenvalue weighted by Crippen LogP contribution is 2.42. The van der Waals surface area contributed by atoms with Crippen LogP contribution in [0.2, 0.25) is 48.9 Å². The lowest BCUT2D eigenvalue weighted by atomic mass is 9.99. The Morgan fingerprint density at radius 2 is 1.41 bits per heavy atom. The zero-order chi connectivity index (χ0) is 47.0. The number of hydrogen-bond acceptors (Lipinski definition) is 8. The standard InChI is InChI=1S/C52H80O8Si3/c1-38-35-41(47(46(36-38)56-37-54-12)49(53)55-33-34-61(13,14)15)25-24-30-44-48(58-52(10,11)57-44)45(60-62(16,17)50(4,5)6)32-31-39(2)40(3)59-63(51(7,8)9,42-26-20-18-21-27-42)43-28-22-19-23-29-43/h18-29,31-32,35-36,39-40,44-45,48H,30,33-34,37H2,1-17H3/b25-24+,32-31-/t39-,40?,44+,45?,48+/m1/s1. The van der Waals surface area contributed by atoms with Crippen LogP contribution < -0.4 is 15.1 Å². The molecule has 1 saturated heterocycles. The molecule has 1 aliphatic rings. The van der Waals surface area contributed by atoms with Crippen LogP contribution in [-0.2, 0) is 27.8 Å². The molecule has 0 N–H and O–H groups in total. The van der Waals surface area contributed by atoms with E-state index in [1.807, 2.05) is 39.0 Å². The Hall–Kier alpha value is -3.14. The summed E-state index contributed by atoms with van der Waals surface area (Å²) >= 11 is 0. The molecule has 8 nitrogen and oxygen atoms in total. The molecule has 348 valence electrons. The van der Waals surface area contributed by atoms with Gasteiger partial charge < -0.3 is 32.5 Å². The first-order valence-electron chi connectivity index (χ1n) is 22.8. The highest BCUT2D eigenvalue weighted by Gasteiger charge is 2.52. The SMILES string of the molecule is COCOc1cc(C)cc(/C=C/C[C@@H]2OC(C)(C)O[C@@H]2C(/C=C\[C@@H](C)C(C)O[Si](c2ccccc2)(c2ccccc2)C(C)(C)C)O[Si](C)(C)C(C)(C)C)c1C(=O)OCC[Si](C)(C)C. The average molecular weight is 917 g/mol. The van der Waals surface area contributed by atoms with Crippen LogP contribution in [0.25, 0.3) is 6.08 Å². The van der Waals surface area contributed by atoms with E-state index in [0.29, 0.717) is 29.9 Å². The Kier molecular flexibility index (Phi) is 17.9. The van der Waals surface area contributed by atoms with Gasteiger partial charge in [-0.3, -0.25) is 0 Å². The molecular formula is C52H80O8Si3. The van der Waals surface area contributed by atoms with Crippen molar-refractivity contribution < 1.29 is 37.3 Å². The van der Waals surface area contributed by atoms with Crippen LogP contribution in [0.1, 0.15) is 97.1 Å². The highest BCUT2D eigenvalue weighted by molar-refractivity contribution is 6.99. The van der Waals surface area contributed by atoms with E-state index in [0.717, 1.165) is 11.6 Å². The zero-order valence-corrected chi connectivity index (χ0v) is 44.7. The van der Waals surface area contributed by atoms with Crippen LogP contribution in [0.5, 0.6) is 5.75 Å². The maximum Gasteiger partial charge on any atom is 0.342 e. The molecule has 0 radical (unpaired) electrons. The van der Waals surface area contributed by atoms with Crippen molar-refractivity contribution in [2.45, 2.75) is 162 Å². The quantitative estimate of drug-likeness (QED) is 0.0480. The topological polar surface area (TPSA) is 81.7 Å². The van der Waals surface area contributed by atoms with Gasteiger partial charge in [-0.15, -0.1) is 0 Å². The van der Waals surface area contributed by atoms with Crippen molar-refractivity contribution in [2.24, 2.45) is 5.92 Å². The van der Waals surface area contributed by atoms with Crippen LogP contribution in [0.15, 0.2) is 91.0 Å². The van der Waals surface area contributed by atoms with Crippen molar-refractivity contribution in [3.8, 4) is 5.75 Å². The van der Waals surface area contributed by atoms with Gasteiger partial charge >= 0.3 is 5.97 Å². The fraction of sp³-hybridized carbons (Fsp3) is 0.558. The molecule has 4 rings (SSSR count). The fourth-order valence-corrected chi connectivity index (χ4v) is 14.5. The second-order valence-electron chi connectivity index (χ2n) is 21.6. The molecule has 3 aromatic rings. The number of rotatable bonds is 20. The largest absolute Gasteiger partial charge is 0.467 e. The van der Waals surface area contributed by atoms with Gasteiger partial charge in [0.1, 0.15) is 17.4 Å². The van der Waals surface area contributed by atoms with Gasteiger partial charge in [-0.1, -0.05) is 159 Å². The molecule has 0 bridgehead atoms. The van der Waals surface area contributed by atoms with Crippen molar-refractivity contribution in [3.63, 3.8) is 0 Å². The lowest BCUT2D eigenvalue weighted by molar-refractivity contribution is -0.151. The first-order valence-corrected chi connectivity index (χ1v) is 31.3. The van der Waals surface area contributed by atoms with Gasteiger partial charge in [0, 0.05) is 21.3 Å². The molecule has 3 aromatic carbocycles. The van der Waals surface area contributed by atoms with Crippen LogP contribution in [0, 0.1) is 12.8 Å². The molecule has 1 aliphatic heterocycles. The first kappa shape index (κ1) is 52.5. The second kappa shape index (κ2) is 21.4. The van der Waals surface area contributed by atoms with E-state index in [2.05, 4.69) is 167 Å². The van der Waals surface area contributed by atoms with Gasteiger partial charge in [-0.25, -0.2) is 4.79 Å². The fourth-order valence-electron chi connectivity index (χ4n) is 7.79. The van der Waals surface area contributed by atoms with Crippen LogP contribution in [-0.4, -0.2) is 81.4 Å². The summed E-state index contributed by atoms with van der Waals surface area (Å²) in [4.78, 5) is 13.7. The zero-order valence-electron chi connectivity index (χ0n) is 41.7. The minimum atomic E-state index is -2.79. The Labute approximate surface area is 384 Å². The Balaban J connectivity index is 1.70. The number of hydrogen-bond donors (Lipinski definition) is 0. The molecule has 63 heavy (non-hydrogen) atoms. The third-order valence-corrected chi connectivity index (χ3v) is 23.8. The summed E-state index contributed by atoms with van der Waals surface area (Å²) in [5.41, 5.74) is 2.05. The van der Waals surface area contributed by atoms with Gasteiger partial charge in [-0.05, 0) is 96.8 Å². The Morgan fingerprint density at radius 1 is 0.825 bits per heavy atom. The Morgan fingerprint density at radius 3 is 1.94 bits per heavy atom. The maximum atomic E-state index is 13.7. The minimum Gasteiger partial charge on any atom is -0.467 e. The van der Waals surface area contributed by atoms with E-state index in [9.17, 15) is 4.79 Å². The van der Waals surface area contributed by atoms with Gasteiger partial charge in [0.15, 0.2) is 20.9 Å². The van der Waals surface area contributed by atoms with Crippen molar-refractivity contribution >= 4 is 47.1 Å². The Bertz CT molecular complexity index is 1940. The summed E-state index contributed by atoms with van der Waals surface area (Å²) in [5, 5.41) is 2.34. The van der Waals surface area contributed by atoms with E-state index in [1.165, 1.54) is 10.4 Å². The average Bonchev–Trinajstić information content (AvgIpc) is 3.49. The maximum absolute atomic E-state index is 13.7. The molecule has 0 aliphatic carbocycles. The van der Waals surface area contributed by atoms with Gasteiger partial charge in [0.05, 0.1) is 18.8 Å². The van der Waals surface area contributed by atoms with E-state index in [1.54, 1.807) is 7.11 Å². The number of carbonyl (C=O) groups excluding carboxylic acids is 1. The molecule has 1 heterocycles. The highest BCUT2D eigenvalue weighted by atomic mass is 28.4. The third kappa shape index (κ3) is 13.9. The normalized spacial score (nSPS) is 19.1. The van der Waals surface area contributed by atoms with Crippen LogP contribution >= 0.6 is 0 Å². The smallest absolute Gasteiger partial charge is 0.342 e. The summed E-state index contributed by atoms with van der Waals surface area (Å²) < 4.78 is 45.3. The predicted molar refractivity (Wildman–Crippen MR) is 268 cm³/mol. The van der Waals surface area contributed by atoms with E-state index in [4.69, 9.17) is 32.5 Å². The number of benzene rings is 3. The first-order chi connectivity index (χ1) is 29.2. The monoisotopic (exact) mass is 917 g/mol. The van der Waals surface area contributed by atoms with E-state index >= 15 is 0 Å². The van der Waals surface area contributed by atoms with Crippen molar-refractivity contribution in [3.05, 3.63) is 108 Å². The molecule has 5 atom stereocenters. The van der Waals surface area contributed by atoms with Crippen molar-refractivity contribution in [2.75, 3.05) is 20.5 Å². The number of aryl methyl sites for hydroxylation is 1. The summed E-state index contributed by atoms with van der Waals surface area (Å²) in [6, 6.07) is 26.3. The summed E-state index contributed by atoms with van der Waals surface area (Å²) in [7, 11) is -4.96. The van der Waals surface area contributed by atoms with Gasteiger partial charge in [-0.2, -0.15) is 0 Å². The van der Waals surface area contributed by atoms with E-state index in [-0.39, 0.29) is 35.0 Å². The van der Waals surface area contributed by atoms with Crippen LogP contribution in [0.3, 0.4) is 0 Å². The van der Waals surface area contributed by atoms with Gasteiger partial charge in [0.2, 0.25) is 0 Å². The molecule has 2 unspecified atom stereocenters. The number of methoxy groups -OCH3 is 1. The molecule has 11 heteroatoms. The summed E-state index contributed by atoms with van der Waals surface area (Å²) in [6.07, 6.45) is 7.78. The lowest BCUT2D eigenvalue weighted by Crippen LogP contribution is -2.67. The minimum absolute atomic E-state index is 0.0118. The summed E-state index contributed by atoms with van der Waals surface area (Å²) in [6.45, 7) is 35.8. The number of esters is 1. The predicted octanol–water partition coefficient (Wildman–Crippen LogP) is 11.9. The number of ether oxygens (including phenoxy) is 5. The number of carbonyl (C=O) groups is 1. The molecule has 0 aromatic heterocycles. The molecule has 1 fully saturated rings.